The number of methoxy groups -OCH3 is 1. The number of halogens is 4. The van der Waals surface area contributed by atoms with Crippen LogP contribution in [0, 0.1) is 0 Å². The third-order valence-electron chi connectivity index (χ3n) is 1.38. The maximum absolute atomic E-state index is 5.78. The van der Waals surface area contributed by atoms with Gasteiger partial charge in [0.1, 0.15) is 16.9 Å². The molecule has 2 nitrogen and oxygen atoms in total. The van der Waals surface area contributed by atoms with E-state index in [-0.39, 0.29) is 20.8 Å². The topological polar surface area (TPSA) is 18.5 Å². The Hall–Kier alpha value is -0.0200. The Morgan fingerprint density at radius 2 is 1.77 bits per heavy atom. The van der Waals surface area contributed by atoms with Crippen LogP contribution in [0.5, 0.6) is 11.5 Å². The van der Waals surface area contributed by atoms with Gasteiger partial charge in [-0.25, -0.2) is 0 Å². The molecule has 0 aliphatic heterocycles. The summed E-state index contributed by atoms with van der Waals surface area (Å²) in [5.41, 5.74) is 0. The Kier molecular flexibility index (Phi) is 3.80. The molecule has 0 radical (unpaired) electrons. The van der Waals surface area contributed by atoms with Crippen molar-refractivity contribution in [3.05, 3.63) is 21.1 Å². The second-order valence-electron chi connectivity index (χ2n) is 2.09. The summed E-state index contributed by atoms with van der Waals surface area (Å²) in [5, 5.41) is 0.585. The molecular formula is C7H4Cl4O2. The van der Waals surface area contributed by atoms with E-state index in [1.165, 1.54) is 13.2 Å². The third-order valence-corrected chi connectivity index (χ3v) is 2.78. The summed E-state index contributed by atoms with van der Waals surface area (Å²) in [6.45, 7) is 0. The maximum atomic E-state index is 5.78. The average Bonchev–Trinajstić information content (AvgIpc) is 2.13. The number of hydrogen-bond donors (Lipinski definition) is 0. The molecule has 0 saturated carbocycles. The Balaban J connectivity index is 3.39. The summed E-state index contributed by atoms with van der Waals surface area (Å²) >= 11 is 22.4. The first-order chi connectivity index (χ1) is 6.11. The summed E-state index contributed by atoms with van der Waals surface area (Å²) < 4.78 is 9.39. The molecule has 0 aromatic heterocycles. The minimum Gasteiger partial charge on any atom is -0.493 e. The van der Waals surface area contributed by atoms with E-state index in [2.05, 4.69) is 4.29 Å². The molecule has 1 aromatic rings. The predicted octanol–water partition coefficient (Wildman–Crippen LogP) is 4.19. The second-order valence-corrected chi connectivity index (χ2v) is 3.41. The molecule has 1 aromatic carbocycles. The fourth-order valence-electron chi connectivity index (χ4n) is 0.780. The molecule has 1 rings (SSSR count). The summed E-state index contributed by atoms with van der Waals surface area (Å²) in [6, 6.07) is 1.47. The zero-order valence-electron chi connectivity index (χ0n) is 6.41. The molecule has 0 heterocycles. The minimum absolute atomic E-state index is 0.126. The van der Waals surface area contributed by atoms with Gasteiger partial charge in [-0.15, -0.1) is 0 Å². The number of hydrogen-bond acceptors (Lipinski definition) is 2. The Labute approximate surface area is 95.4 Å². The fourth-order valence-corrected chi connectivity index (χ4v) is 1.59. The first kappa shape index (κ1) is 11.1. The van der Waals surface area contributed by atoms with Gasteiger partial charge in [-0.2, -0.15) is 0 Å². The normalized spacial score (nSPS) is 9.92. The molecule has 0 atom stereocenters. The molecule has 0 aliphatic carbocycles. The van der Waals surface area contributed by atoms with E-state index in [4.69, 9.17) is 51.4 Å². The van der Waals surface area contributed by atoms with Gasteiger partial charge in [0.25, 0.3) is 0 Å². The predicted molar refractivity (Wildman–Crippen MR) is 54.5 cm³/mol. The third kappa shape index (κ3) is 2.08. The van der Waals surface area contributed by atoms with Crippen molar-refractivity contribution in [3.63, 3.8) is 0 Å². The highest BCUT2D eigenvalue weighted by atomic mass is 35.5. The van der Waals surface area contributed by atoms with Gasteiger partial charge < -0.3 is 9.03 Å². The van der Waals surface area contributed by atoms with Gasteiger partial charge in [0.15, 0.2) is 5.75 Å². The van der Waals surface area contributed by atoms with Crippen molar-refractivity contribution in [2.75, 3.05) is 7.11 Å². The van der Waals surface area contributed by atoms with Gasteiger partial charge in [0.05, 0.1) is 17.2 Å². The van der Waals surface area contributed by atoms with Crippen molar-refractivity contribution < 1.29 is 9.03 Å². The van der Waals surface area contributed by atoms with Crippen molar-refractivity contribution in [2.24, 2.45) is 0 Å². The molecule has 0 saturated heterocycles. The van der Waals surface area contributed by atoms with E-state index in [1.54, 1.807) is 0 Å². The van der Waals surface area contributed by atoms with Crippen molar-refractivity contribution in [3.8, 4) is 11.5 Å². The average molecular weight is 262 g/mol. The van der Waals surface area contributed by atoms with Gasteiger partial charge in [-0.05, 0) is 0 Å². The van der Waals surface area contributed by atoms with Gasteiger partial charge in [-0.3, -0.25) is 0 Å². The van der Waals surface area contributed by atoms with Crippen molar-refractivity contribution in [2.45, 2.75) is 0 Å². The van der Waals surface area contributed by atoms with Crippen LogP contribution in [0.3, 0.4) is 0 Å². The van der Waals surface area contributed by atoms with Crippen molar-refractivity contribution in [1.82, 2.24) is 0 Å². The Morgan fingerprint density at radius 1 is 1.15 bits per heavy atom. The van der Waals surface area contributed by atoms with Gasteiger partial charge in [0.2, 0.25) is 5.75 Å². The van der Waals surface area contributed by atoms with Crippen LogP contribution >= 0.6 is 46.7 Å². The van der Waals surface area contributed by atoms with E-state index in [0.717, 1.165) is 0 Å². The molecule has 13 heavy (non-hydrogen) atoms. The first-order valence-corrected chi connectivity index (χ1v) is 4.56. The van der Waals surface area contributed by atoms with E-state index in [0.29, 0.717) is 5.75 Å². The quantitative estimate of drug-likeness (QED) is 0.744. The van der Waals surface area contributed by atoms with Gasteiger partial charge in [-0.1, -0.05) is 34.8 Å². The molecule has 0 amide bonds. The van der Waals surface area contributed by atoms with Crippen LogP contribution in [0.1, 0.15) is 0 Å². The molecule has 0 unspecified atom stereocenters. The van der Waals surface area contributed by atoms with Crippen molar-refractivity contribution >= 4 is 46.7 Å². The van der Waals surface area contributed by atoms with Crippen LogP contribution in [0.4, 0.5) is 0 Å². The van der Waals surface area contributed by atoms with Crippen LogP contribution in [0.25, 0.3) is 0 Å². The maximum Gasteiger partial charge on any atom is 0.208 e. The van der Waals surface area contributed by atoms with Gasteiger partial charge in [0, 0.05) is 6.07 Å². The summed E-state index contributed by atoms with van der Waals surface area (Å²) in [6.07, 6.45) is 0. The van der Waals surface area contributed by atoms with Crippen LogP contribution in [0.2, 0.25) is 15.1 Å². The zero-order valence-corrected chi connectivity index (χ0v) is 9.43. The largest absolute Gasteiger partial charge is 0.493 e. The highest BCUT2D eigenvalue weighted by molar-refractivity contribution is 6.49. The highest BCUT2D eigenvalue weighted by Crippen LogP contribution is 2.44. The van der Waals surface area contributed by atoms with Crippen LogP contribution in [0.15, 0.2) is 6.07 Å². The van der Waals surface area contributed by atoms with E-state index < -0.39 is 0 Å². The van der Waals surface area contributed by atoms with Crippen molar-refractivity contribution in [1.29, 1.82) is 0 Å². The summed E-state index contributed by atoms with van der Waals surface area (Å²) in [7, 11) is 1.44. The lowest BCUT2D eigenvalue weighted by Crippen LogP contribution is -1.88. The zero-order chi connectivity index (χ0) is 10.0. The minimum atomic E-state index is 0.126. The number of ether oxygens (including phenoxy) is 1. The lowest BCUT2D eigenvalue weighted by Gasteiger charge is -2.08. The summed E-state index contributed by atoms with van der Waals surface area (Å²) in [5.74, 6) is 0.481. The molecular weight excluding hydrogens is 258 g/mol. The number of benzene rings is 1. The molecule has 0 spiro atoms. The number of rotatable bonds is 2. The molecule has 0 aliphatic rings. The van der Waals surface area contributed by atoms with Crippen LogP contribution in [-0.2, 0) is 0 Å². The second kappa shape index (κ2) is 4.47. The monoisotopic (exact) mass is 260 g/mol. The fraction of sp³-hybridized carbons (Fsp3) is 0.143. The van der Waals surface area contributed by atoms with E-state index >= 15 is 0 Å². The Bertz CT molecular complexity index is 327. The molecule has 72 valence electrons. The van der Waals surface area contributed by atoms with Crippen LogP contribution in [-0.4, -0.2) is 7.11 Å². The molecule has 0 bridgehead atoms. The van der Waals surface area contributed by atoms with Gasteiger partial charge >= 0.3 is 0 Å². The van der Waals surface area contributed by atoms with E-state index in [1.807, 2.05) is 0 Å². The summed E-state index contributed by atoms with van der Waals surface area (Å²) in [4.78, 5) is 0. The molecule has 6 heteroatoms. The highest BCUT2D eigenvalue weighted by Gasteiger charge is 2.16. The first-order valence-electron chi connectivity index (χ1n) is 3.12. The SMILES string of the molecule is COc1cc(Cl)c(Cl)c(Cl)c1OCl. The van der Waals surface area contributed by atoms with Crippen LogP contribution < -0.4 is 9.03 Å². The molecule has 0 fully saturated rings. The lowest BCUT2D eigenvalue weighted by atomic mass is 10.3. The smallest absolute Gasteiger partial charge is 0.208 e. The Morgan fingerprint density at radius 3 is 2.23 bits per heavy atom. The van der Waals surface area contributed by atoms with E-state index in [9.17, 15) is 0 Å². The lowest BCUT2D eigenvalue weighted by molar-refractivity contribution is 0.397. The molecule has 0 N–H and O–H groups in total. The standard InChI is InChI=1S/C7H4Cl4O2/c1-12-4-2-3(8)5(9)6(10)7(4)13-11/h2H,1H3.